The van der Waals surface area contributed by atoms with Gasteiger partial charge < -0.3 is 10.1 Å². The molecule has 0 unspecified atom stereocenters. The first-order valence-corrected chi connectivity index (χ1v) is 9.26. The Kier molecular flexibility index (Phi) is 6.17. The Morgan fingerprint density at radius 1 is 1.08 bits per heavy atom. The zero-order valence-corrected chi connectivity index (χ0v) is 15.3. The summed E-state index contributed by atoms with van der Waals surface area (Å²) < 4.78 is 31.9. The number of anilines is 1. The number of benzene rings is 2. The molecule has 0 radical (unpaired) electrons. The summed E-state index contributed by atoms with van der Waals surface area (Å²) >= 11 is 0. The lowest BCUT2D eigenvalue weighted by molar-refractivity contribution is -0.114. The molecule has 25 heavy (non-hydrogen) atoms. The summed E-state index contributed by atoms with van der Waals surface area (Å²) in [4.78, 5) is 11.2. The van der Waals surface area contributed by atoms with Gasteiger partial charge in [0, 0.05) is 26.2 Å². The van der Waals surface area contributed by atoms with Crippen molar-refractivity contribution in [2.24, 2.45) is 0 Å². The van der Waals surface area contributed by atoms with E-state index in [1.54, 1.807) is 12.1 Å². The molecule has 2 rings (SSSR count). The van der Waals surface area contributed by atoms with E-state index >= 15 is 0 Å². The van der Waals surface area contributed by atoms with Crippen LogP contribution in [0.25, 0.3) is 0 Å². The van der Waals surface area contributed by atoms with Gasteiger partial charge in [-0.05, 0) is 43.3 Å². The van der Waals surface area contributed by atoms with Crippen LogP contribution in [-0.2, 0) is 14.8 Å². The van der Waals surface area contributed by atoms with Crippen LogP contribution in [0.1, 0.15) is 12.5 Å². The largest absolute Gasteiger partial charge is 0.492 e. The molecule has 0 aromatic heterocycles. The maximum atomic E-state index is 12.5. The van der Waals surface area contributed by atoms with E-state index in [0.717, 1.165) is 5.56 Å². The monoisotopic (exact) mass is 362 g/mol. The maximum absolute atomic E-state index is 12.5. The number of hydrogen-bond acceptors (Lipinski definition) is 4. The Labute approximate surface area is 148 Å². The normalized spacial score (nSPS) is 11.4. The standard InChI is InChI=1S/C18H22N2O4S/c1-14-4-8-17(9-5-14)24-13-12-20(3)25(22,23)18-10-6-16(7-11-18)19-15(2)21/h4-11H,12-13H2,1-3H3,(H,19,21). The predicted octanol–water partition coefficient (Wildman–Crippen LogP) is 2.65. The quantitative estimate of drug-likeness (QED) is 0.822. The van der Waals surface area contributed by atoms with Crippen molar-refractivity contribution in [2.75, 3.05) is 25.5 Å². The van der Waals surface area contributed by atoms with Crippen molar-refractivity contribution in [3.8, 4) is 5.75 Å². The first kappa shape index (κ1) is 19.0. The highest BCUT2D eigenvalue weighted by Gasteiger charge is 2.20. The van der Waals surface area contributed by atoms with Gasteiger partial charge in [0.15, 0.2) is 0 Å². The third-order valence-corrected chi connectivity index (χ3v) is 5.45. The Balaban J connectivity index is 1.95. The molecule has 0 atom stereocenters. The number of likely N-dealkylation sites (N-methyl/N-ethyl adjacent to an activating group) is 1. The van der Waals surface area contributed by atoms with E-state index in [0.29, 0.717) is 11.4 Å². The number of rotatable bonds is 7. The summed E-state index contributed by atoms with van der Waals surface area (Å²) in [6.45, 7) is 3.86. The van der Waals surface area contributed by atoms with Crippen LogP contribution in [-0.4, -0.2) is 38.8 Å². The summed E-state index contributed by atoms with van der Waals surface area (Å²) in [5.74, 6) is 0.497. The lowest BCUT2D eigenvalue weighted by Crippen LogP contribution is -2.31. The molecule has 1 N–H and O–H groups in total. The van der Waals surface area contributed by atoms with Crippen LogP contribution >= 0.6 is 0 Å². The molecule has 0 bridgehead atoms. The van der Waals surface area contributed by atoms with Crippen LogP contribution < -0.4 is 10.1 Å². The molecule has 2 aromatic carbocycles. The Morgan fingerprint density at radius 2 is 1.68 bits per heavy atom. The summed E-state index contributed by atoms with van der Waals surface area (Å²) in [7, 11) is -2.10. The summed E-state index contributed by atoms with van der Waals surface area (Å²) in [5, 5.41) is 2.60. The van der Waals surface area contributed by atoms with Crippen molar-refractivity contribution in [3.05, 3.63) is 54.1 Å². The van der Waals surface area contributed by atoms with Crippen LogP contribution in [0, 0.1) is 6.92 Å². The lowest BCUT2D eigenvalue weighted by Gasteiger charge is -2.18. The lowest BCUT2D eigenvalue weighted by atomic mass is 10.2. The smallest absolute Gasteiger partial charge is 0.242 e. The Bertz CT molecular complexity index is 815. The maximum Gasteiger partial charge on any atom is 0.242 e. The van der Waals surface area contributed by atoms with E-state index in [9.17, 15) is 13.2 Å². The highest BCUT2D eigenvalue weighted by Crippen LogP contribution is 2.18. The zero-order valence-electron chi connectivity index (χ0n) is 14.5. The molecular weight excluding hydrogens is 340 g/mol. The predicted molar refractivity (Wildman–Crippen MR) is 97.2 cm³/mol. The van der Waals surface area contributed by atoms with E-state index in [-0.39, 0.29) is 24.0 Å². The molecule has 6 nitrogen and oxygen atoms in total. The topological polar surface area (TPSA) is 75.7 Å². The second kappa shape index (κ2) is 8.13. The van der Waals surface area contributed by atoms with E-state index in [4.69, 9.17) is 4.74 Å². The average molecular weight is 362 g/mol. The van der Waals surface area contributed by atoms with Gasteiger partial charge in [0.1, 0.15) is 12.4 Å². The fraction of sp³-hybridized carbons (Fsp3) is 0.278. The molecule has 7 heteroatoms. The summed E-state index contributed by atoms with van der Waals surface area (Å²) in [6, 6.07) is 13.6. The van der Waals surface area contributed by atoms with Crippen LogP contribution in [0.15, 0.2) is 53.4 Å². The Hall–Kier alpha value is -2.38. The van der Waals surface area contributed by atoms with E-state index < -0.39 is 10.0 Å². The molecule has 0 aliphatic heterocycles. The highest BCUT2D eigenvalue weighted by molar-refractivity contribution is 7.89. The molecule has 134 valence electrons. The van der Waals surface area contributed by atoms with Crippen LogP contribution in [0.4, 0.5) is 5.69 Å². The summed E-state index contributed by atoms with van der Waals surface area (Å²) in [5.41, 5.74) is 1.69. The summed E-state index contributed by atoms with van der Waals surface area (Å²) in [6.07, 6.45) is 0. The van der Waals surface area contributed by atoms with Gasteiger partial charge in [-0.2, -0.15) is 4.31 Å². The molecule has 0 fully saturated rings. The number of sulfonamides is 1. The number of nitrogens with one attached hydrogen (secondary N) is 1. The first-order valence-electron chi connectivity index (χ1n) is 7.82. The number of ether oxygens (including phenoxy) is 1. The second-order valence-corrected chi connectivity index (χ2v) is 7.74. The van der Waals surface area contributed by atoms with E-state index in [1.807, 2.05) is 31.2 Å². The molecule has 2 aromatic rings. The van der Waals surface area contributed by atoms with Crippen molar-refractivity contribution < 1.29 is 17.9 Å². The number of carbonyl (C=O) groups excluding carboxylic acids is 1. The molecule has 0 saturated heterocycles. The molecule has 0 saturated carbocycles. The van der Waals surface area contributed by atoms with Crippen LogP contribution in [0.2, 0.25) is 0 Å². The minimum absolute atomic E-state index is 0.166. The number of amides is 1. The first-order chi connectivity index (χ1) is 11.8. The minimum Gasteiger partial charge on any atom is -0.492 e. The third kappa shape index (κ3) is 5.30. The van der Waals surface area contributed by atoms with E-state index in [1.165, 1.54) is 30.4 Å². The Morgan fingerprint density at radius 3 is 2.24 bits per heavy atom. The molecule has 0 aliphatic rings. The van der Waals surface area contributed by atoms with Crippen molar-refractivity contribution in [1.29, 1.82) is 0 Å². The third-order valence-electron chi connectivity index (χ3n) is 3.58. The van der Waals surface area contributed by atoms with Gasteiger partial charge in [0.2, 0.25) is 15.9 Å². The van der Waals surface area contributed by atoms with Crippen molar-refractivity contribution in [3.63, 3.8) is 0 Å². The molecule has 0 aliphatic carbocycles. The van der Waals surface area contributed by atoms with Crippen molar-refractivity contribution in [1.82, 2.24) is 4.31 Å². The van der Waals surface area contributed by atoms with Crippen molar-refractivity contribution in [2.45, 2.75) is 18.7 Å². The zero-order chi connectivity index (χ0) is 18.4. The van der Waals surface area contributed by atoms with Gasteiger partial charge in [-0.1, -0.05) is 17.7 Å². The van der Waals surface area contributed by atoms with E-state index in [2.05, 4.69) is 5.32 Å². The number of hydrogen-bond donors (Lipinski definition) is 1. The van der Waals surface area contributed by atoms with Crippen LogP contribution in [0.5, 0.6) is 5.75 Å². The molecular formula is C18H22N2O4S. The fourth-order valence-corrected chi connectivity index (χ4v) is 3.29. The van der Waals surface area contributed by atoms with Gasteiger partial charge in [-0.3, -0.25) is 4.79 Å². The van der Waals surface area contributed by atoms with Gasteiger partial charge in [-0.15, -0.1) is 0 Å². The SMILES string of the molecule is CC(=O)Nc1ccc(S(=O)(=O)N(C)CCOc2ccc(C)cc2)cc1. The number of nitrogens with zero attached hydrogens (tertiary/aromatic N) is 1. The molecule has 0 heterocycles. The minimum atomic E-state index is -3.60. The van der Waals surface area contributed by atoms with Gasteiger partial charge >= 0.3 is 0 Å². The van der Waals surface area contributed by atoms with Gasteiger partial charge in [0.05, 0.1) is 4.90 Å². The number of aryl methyl sites for hydroxylation is 1. The van der Waals surface area contributed by atoms with Gasteiger partial charge in [-0.25, -0.2) is 8.42 Å². The van der Waals surface area contributed by atoms with Crippen LogP contribution in [0.3, 0.4) is 0 Å². The molecule has 0 spiro atoms. The highest BCUT2D eigenvalue weighted by atomic mass is 32.2. The fourth-order valence-electron chi connectivity index (χ4n) is 2.14. The second-order valence-electron chi connectivity index (χ2n) is 5.69. The van der Waals surface area contributed by atoms with Gasteiger partial charge in [0.25, 0.3) is 0 Å². The molecule has 1 amide bonds. The average Bonchev–Trinajstić information content (AvgIpc) is 2.56. The number of carbonyl (C=O) groups is 1. The van der Waals surface area contributed by atoms with Crippen molar-refractivity contribution >= 4 is 21.6 Å².